The molecule has 4 rings (SSSR count). The van der Waals surface area contributed by atoms with Crippen LogP contribution in [0.4, 0.5) is 8.78 Å². The van der Waals surface area contributed by atoms with Crippen LogP contribution in [0.25, 0.3) is 0 Å². The highest BCUT2D eigenvalue weighted by atomic mass is 19.1. The van der Waals surface area contributed by atoms with Gasteiger partial charge in [-0.2, -0.15) is 0 Å². The number of ketones is 2. The Morgan fingerprint density at radius 3 is 2.53 bits per heavy atom. The summed E-state index contributed by atoms with van der Waals surface area (Å²) in [5, 5.41) is 22.8. The Labute approximate surface area is 185 Å². The second kappa shape index (κ2) is 7.03. The van der Waals surface area contributed by atoms with Gasteiger partial charge in [-0.05, 0) is 55.7 Å². The van der Waals surface area contributed by atoms with Crippen LogP contribution >= 0.6 is 0 Å². The van der Waals surface area contributed by atoms with Gasteiger partial charge in [0.15, 0.2) is 18.1 Å². The van der Waals surface area contributed by atoms with Gasteiger partial charge < -0.3 is 14.9 Å². The number of fused-ring (bicyclic) bond motifs is 5. The third-order valence-electron chi connectivity index (χ3n) is 9.04. The zero-order valence-corrected chi connectivity index (χ0v) is 18.7. The summed E-state index contributed by atoms with van der Waals surface area (Å²) in [7, 11) is 0. The fourth-order valence-corrected chi connectivity index (χ4v) is 7.41. The second-order valence-corrected chi connectivity index (χ2v) is 10.5. The molecule has 9 atom stereocenters. The fraction of sp³-hybridized carbons (Fsp3) is 0.708. The molecule has 0 heterocycles. The molecule has 4 aliphatic rings. The molecule has 5 unspecified atom stereocenters. The van der Waals surface area contributed by atoms with E-state index >= 15 is 8.78 Å². The molecule has 4 aliphatic carbocycles. The number of aliphatic hydroxyl groups excluding tert-OH is 1. The summed E-state index contributed by atoms with van der Waals surface area (Å²) in [4.78, 5) is 36.1. The Morgan fingerprint density at radius 1 is 1.25 bits per heavy atom. The summed E-state index contributed by atoms with van der Waals surface area (Å²) in [6.07, 6.45) is 0.271. The first-order valence-corrected chi connectivity index (χ1v) is 11.1. The molecule has 2 N–H and O–H groups in total. The van der Waals surface area contributed by atoms with Gasteiger partial charge in [-0.3, -0.25) is 14.4 Å². The topological polar surface area (TPSA) is 101 Å². The van der Waals surface area contributed by atoms with Gasteiger partial charge in [0, 0.05) is 23.7 Å². The van der Waals surface area contributed by atoms with Crippen LogP contribution in [0.3, 0.4) is 0 Å². The number of rotatable bonds is 3. The molecule has 3 saturated carbocycles. The average Bonchev–Trinajstić information content (AvgIpc) is 2.91. The molecule has 32 heavy (non-hydrogen) atoms. The maximum absolute atomic E-state index is 17.0. The van der Waals surface area contributed by atoms with Crippen molar-refractivity contribution < 1.29 is 38.1 Å². The van der Waals surface area contributed by atoms with E-state index in [1.165, 1.54) is 19.1 Å². The lowest BCUT2D eigenvalue weighted by Gasteiger charge is -2.63. The molecule has 0 radical (unpaired) electrons. The number of allylic oxidation sites excluding steroid dienone is 4. The molecule has 0 bridgehead atoms. The van der Waals surface area contributed by atoms with E-state index in [2.05, 4.69) is 0 Å². The second-order valence-electron chi connectivity index (χ2n) is 10.5. The highest BCUT2D eigenvalue weighted by Gasteiger charge is 2.76. The van der Waals surface area contributed by atoms with E-state index in [-0.39, 0.29) is 24.8 Å². The van der Waals surface area contributed by atoms with E-state index in [1.54, 1.807) is 13.8 Å². The minimum atomic E-state index is -2.27. The number of Topliss-reactive ketones (excluding diaryl/α,β-unsaturated/α-hetero) is 1. The first-order chi connectivity index (χ1) is 14.7. The van der Waals surface area contributed by atoms with Crippen molar-refractivity contribution in [2.45, 2.75) is 70.5 Å². The van der Waals surface area contributed by atoms with Gasteiger partial charge >= 0.3 is 5.97 Å². The number of alkyl halides is 2. The van der Waals surface area contributed by atoms with Crippen molar-refractivity contribution >= 4 is 17.5 Å². The summed E-state index contributed by atoms with van der Waals surface area (Å²) < 4.78 is 37.2. The van der Waals surface area contributed by atoms with E-state index in [0.717, 1.165) is 13.0 Å². The molecule has 0 spiro atoms. The van der Waals surface area contributed by atoms with Crippen molar-refractivity contribution in [2.75, 3.05) is 6.61 Å². The van der Waals surface area contributed by atoms with Gasteiger partial charge in [0.25, 0.3) is 0 Å². The molecular weight excluding hydrogens is 422 g/mol. The molecular formula is C24H30F2O6. The third-order valence-corrected chi connectivity index (χ3v) is 9.04. The number of halogens is 2. The largest absolute Gasteiger partial charge is 0.458 e. The minimum absolute atomic E-state index is 0.0265. The number of carbonyl (C=O) groups excluding carboxylic acids is 3. The molecule has 0 aromatic carbocycles. The standard InChI is InChI=1S/C24H30F2O6/c1-12-7-15-16-9-18(25)17-8-14(28)5-6-21(17,3)23(16,26)19(29)10-22(15,4)24(12,31)20(30)11-32-13(2)27/h5-6,8,12,15-16,18-19,29,31H,7,9-11H2,1-4H3/t12-,15?,16?,18+,19?,21?,22?,23+,24+/m1/s1. The maximum atomic E-state index is 17.0. The van der Waals surface area contributed by atoms with Crippen molar-refractivity contribution in [1.82, 2.24) is 0 Å². The summed E-state index contributed by atoms with van der Waals surface area (Å²) in [5.74, 6) is -3.98. The van der Waals surface area contributed by atoms with Crippen molar-refractivity contribution in [3.63, 3.8) is 0 Å². The van der Waals surface area contributed by atoms with E-state index < -0.39 is 76.3 Å². The molecule has 0 aromatic heterocycles. The van der Waals surface area contributed by atoms with Crippen LogP contribution in [-0.4, -0.2) is 57.9 Å². The van der Waals surface area contributed by atoms with Crippen molar-refractivity contribution in [3.8, 4) is 0 Å². The normalized spacial score (nSPS) is 49.6. The minimum Gasteiger partial charge on any atom is -0.458 e. The van der Waals surface area contributed by atoms with Gasteiger partial charge in [0.05, 0.1) is 6.10 Å². The van der Waals surface area contributed by atoms with E-state index in [0.29, 0.717) is 0 Å². The quantitative estimate of drug-likeness (QED) is 0.638. The average molecular weight is 452 g/mol. The number of carbonyl (C=O) groups is 3. The van der Waals surface area contributed by atoms with Crippen molar-refractivity contribution in [3.05, 3.63) is 23.8 Å². The van der Waals surface area contributed by atoms with Gasteiger partial charge in [-0.1, -0.05) is 19.9 Å². The number of ether oxygens (including phenoxy) is 1. The molecule has 8 heteroatoms. The SMILES string of the molecule is CC(=O)OCC(=O)[C@@]1(O)[C@H](C)CC2C3C[C@H](F)C4=CC(=O)C=CC4(C)[C@@]3(F)C(O)CC21C. The van der Waals surface area contributed by atoms with Gasteiger partial charge in [-0.25, -0.2) is 8.78 Å². The van der Waals surface area contributed by atoms with E-state index in [1.807, 2.05) is 0 Å². The molecule has 0 aromatic rings. The lowest BCUT2D eigenvalue weighted by atomic mass is 9.44. The molecule has 176 valence electrons. The Balaban J connectivity index is 1.79. The number of esters is 1. The van der Waals surface area contributed by atoms with Crippen molar-refractivity contribution in [2.24, 2.45) is 28.6 Å². The lowest BCUT2D eigenvalue weighted by molar-refractivity contribution is -0.224. The summed E-state index contributed by atoms with van der Waals surface area (Å²) in [6.45, 7) is 5.34. The van der Waals surface area contributed by atoms with Crippen LogP contribution in [0.1, 0.15) is 47.0 Å². The number of hydrogen-bond acceptors (Lipinski definition) is 6. The molecule has 0 aliphatic heterocycles. The summed E-state index contributed by atoms with van der Waals surface area (Å²) >= 11 is 0. The van der Waals surface area contributed by atoms with E-state index in [9.17, 15) is 24.6 Å². The van der Waals surface area contributed by atoms with Crippen LogP contribution in [0, 0.1) is 28.6 Å². The summed E-state index contributed by atoms with van der Waals surface area (Å²) in [5.41, 5.74) is -6.97. The Kier molecular flexibility index (Phi) is 5.11. The Morgan fingerprint density at radius 2 is 1.91 bits per heavy atom. The predicted octanol–water partition coefficient (Wildman–Crippen LogP) is 2.41. The molecule has 6 nitrogen and oxygen atoms in total. The first kappa shape index (κ1) is 23.2. The Hall–Kier alpha value is -1.93. The van der Waals surface area contributed by atoms with Gasteiger partial charge in [-0.15, -0.1) is 0 Å². The van der Waals surface area contributed by atoms with Crippen LogP contribution in [0.15, 0.2) is 23.8 Å². The zero-order chi connectivity index (χ0) is 23.9. The van der Waals surface area contributed by atoms with Crippen molar-refractivity contribution in [1.29, 1.82) is 0 Å². The maximum Gasteiger partial charge on any atom is 0.303 e. The smallest absolute Gasteiger partial charge is 0.303 e. The van der Waals surface area contributed by atoms with Crippen LogP contribution in [0.5, 0.6) is 0 Å². The molecule has 3 fully saturated rings. The van der Waals surface area contributed by atoms with Crippen LogP contribution in [0.2, 0.25) is 0 Å². The highest BCUT2D eigenvalue weighted by Crippen LogP contribution is 2.70. The predicted molar refractivity (Wildman–Crippen MR) is 110 cm³/mol. The highest BCUT2D eigenvalue weighted by molar-refractivity contribution is 6.01. The first-order valence-electron chi connectivity index (χ1n) is 11.1. The van der Waals surface area contributed by atoms with Gasteiger partial charge in [0.2, 0.25) is 5.78 Å². The third kappa shape index (κ3) is 2.65. The van der Waals surface area contributed by atoms with Gasteiger partial charge in [0.1, 0.15) is 11.8 Å². The number of aliphatic hydroxyl groups is 2. The van der Waals surface area contributed by atoms with E-state index in [4.69, 9.17) is 4.74 Å². The summed E-state index contributed by atoms with van der Waals surface area (Å²) in [6, 6.07) is 0. The molecule has 0 amide bonds. The zero-order valence-electron chi connectivity index (χ0n) is 18.7. The number of hydrogen-bond donors (Lipinski definition) is 2. The van der Waals surface area contributed by atoms with Crippen LogP contribution in [-0.2, 0) is 19.1 Å². The Bertz CT molecular complexity index is 945. The monoisotopic (exact) mass is 452 g/mol. The van der Waals surface area contributed by atoms with Crippen LogP contribution < -0.4 is 0 Å². The lowest BCUT2D eigenvalue weighted by Crippen LogP contribution is -2.70. The molecule has 0 saturated heterocycles. The fourth-order valence-electron chi connectivity index (χ4n) is 7.41.